The number of nitrogens with two attached hydrogens (primary N) is 1. The second kappa shape index (κ2) is 7.11. The second-order valence-electron chi connectivity index (χ2n) is 5.43. The summed E-state index contributed by atoms with van der Waals surface area (Å²) in [6.45, 7) is 3.21. The van der Waals surface area contributed by atoms with Crippen LogP contribution in [-0.2, 0) is 14.8 Å². The van der Waals surface area contributed by atoms with E-state index in [1.54, 1.807) is 18.3 Å². The Morgan fingerprint density at radius 2 is 2.22 bits per heavy atom. The van der Waals surface area contributed by atoms with Gasteiger partial charge in [-0.15, -0.1) is 12.4 Å². The van der Waals surface area contributed by atoms with Gasteiger partial charge in [-0.05, 0) is 24.6 Å². The van der Waals surface area contributed by atoms with Crippen molar-refractivity contribution in [1.82, 2.24) is 9.29 Å². The molecule has 3 rings (SSSR count). The molecule has 0 spiro atoms. The number of fused-ring (bicyclic) bond motifs is 1. The van der Waals surface area contributed by atoms with Crippen LogP contribution in [0, 0.1) is 6.92 Å². The lowest BCUT2D eigenvalue weighted by Gasteiger charge is -2.31. The third kappa shape index (κ3) is 3.49. The molecule has 0 aliphatic carbocycles. The molecule has 6 nitrogen and oxygen atoms in total. The summed E-state index contributed by atoms with van der Waals surface area (Å²) in [5.74, 6) is 0. The molecule has 126 valence electrons. The number of hydrogen-bond acceptors (Lipinski definition) is 5. The highest BCUT2D eigenvalue weighted by Gasteiger charge is 2.31. The van der Waals surface area contributed by atoms with E-state index in [4.69, 9.17) is 10.5 Å². The van der Waals surface area contributed by atoms with E-state index in [0.29, 0.717) is 25.2 Å². The van der Waals surface area contributed by atoms with Crippen LogP contribution in [0.15, 0.2) is 35.4 Å². The number of aromatic nitrogens is 1. The van der Waals surface area contributed by atoms with Crippen molar-refractivity contribution in [1.29, 1.82) is 0 Å². The van der Waals surface area contributed by atoms with Crippen LogP contribution in [-0.4, -0.2) is 50.1 Å². The van der Waals surface area contributed by atoms with E-state index in [9.17, 15) is 8.42 Å². The summed E-state index contributed by atoms with van der Waals surface area (Å²) >= 11 is 0. The fraction of sp³-hybridized carbons (Fsp3) is 0.400. The van der Waals surface area contributed by atoms with Crippen molar-refractivity contribution in [2.45, 2.75) is 17.9 Å². The summed E-state index contributed by atoms with van der Waals surface area (Å²) < 4.78 is 32.8. The fourth-order valence-electron chi connectivity index (χ4n) is 2.64. The summed E-state index contributed by atoms with van der Waals surface area (Å²) in [4.78, 5) is 4.56. The minimum Gasteiger partial charge on any atom is -0.374 e. The standard InChI is InChI=1S/C15H19N3O3S.ClH/c1-11-7-12-3-2-4-14(15(12)17-9-11)22(19,20)18-5-6-21-13(8-16)10-18;/h2-4,7,9,13H,5-6,8,10,16H2,1H3;1H. The number of nitrogens with zero attached hydrogens (tertiary/aromatic N) is 2. The number of hydrogen-bond donors (Lipinski definition) is 1. The summed E-state index contributed by atoms with van der Waals surface area (Å²) in [5.41, 5.74) is 7.10. The van der Waals surface area contributed by atoms with Gasteiger partial charge in [-0.1, -0.05) is 12.1 Å². The Balaban J connectivity index is 0.00000192. The number of sulfonamides is 1. The van der Waals surface area contributed by atoms with Crippen molar-refractivity contribution in [2.75, 3.05) is 26.2 Å². The number of ether oxygens (including phenoxy) is 1. The van der Waals surface area contributed by atoms with Crippen LogP contribution in [0.25, 0.3) is 10.9 Å². The molecule has 0 saturated carbocycles. The third-order valence-corrected chi connectivity index (χ3v) is 5.69. The number of halogens is 1. The Morgan fingerprint density at radius 3 is 2.96 bits per heavy atom. The molecule has 1 aromatic heterocycles. The van der Waals surface area contributed by atoms with Gasteiger partial charge in [-0.2, -0.15) is 4.31 Å². The number of pyridine rings is 1. The largest absolute Gasteiger partial charge is 0.374 e. The van der Waals surface area contributed by atoms with E-state index in [1.807, 2.05) is 19.1 Å². The number of para-hydroxylation sites is 1. The summed E-state index contributed by atoms with van der Waals surface area (Å²) in [6, 6.07) is 7.16. The highest BCUT2D eigenvalue weighted by Crippen LogP contribution is 2.25. The summed E-state index contributed by atoms with van der Waals surface area (Å²) in [7, 11) is -3.61. The van der Waals surface area contributed by atoms with Crippen molar-refractivity contribution < 1.29 is 13.2 Å². The van der Waals surface area contributed by atoms with E-state index in [1.165, 1.54) is 4.31 Å². The molecule has 0 amide bonds. The molecule has 1 unspecified atom stereocenters. The minimum absolute atomic E-state index is 0. The average molecular weight is 358 g/mol. The second-order valence-corrected chi connectivity index (χ2v) is 7.34. The molecule has 1 fully saturated rings. The Bertz CT molecular complexity index is 798. The van der Waals surface area contributed by atoms with Gasteiger partial charge in [0.05, 0.1) is 18.2 Å². The number of rotatable bonds is 3. The first-order chi connectivity index (χ1) is 10.5. The average Bonchev–Trinajstić information content (AvgIpc) is 2.54. The molecule has 0 bridgehead atoms. The molecular weight excluding hydrogens is 338 g/mol. The van der Waals surface area contributed by atoms with Gasteiger partial charge >= 0.3 is 0 Å². The van der Waals surface area contributed by atoms with Gasteiger partial charge in [0.1, 0.15) is 4.90 Å². The van der Waals surface area contributed by atoms with E-state index >= 15 is 0 Å². The molecule has 1 aromatic carbocycles. The lowest BCUT2D eigenvalue weighted by molar-refractivity contribution is 0.00452. The highest BCUT2D eigenvalue weighted by molar-refractivity contribution is 7.89. The maximum atomic E-state index is 12.9. The van der Waals surface area contributed by atoms with Crippen molar-refractivity contribution in [3.05, 3.63) is 36.0 Å². The van der Waals surface area contributed by atoms with Crippen molar-refractivity contribution in [3.8, 4) is 0 Å². The zero-order valence-electron chi connectivity index (χ0n) is 12.8. The molecule has 8 heteroatoms. The molecule has 1 saturated heterocycles. The molecule has 23 heavy (non-hydrogen) atoms. The van der Waals surface area contributed by atoms with E-state index in [2.05, 4.69) is 4.98 Å². The molecule has 2 aromatic rings. The van der Waals surface area contributed by atoms with E-state index in [-0.39, 0.29) is 30.0 Å². The van der Waals surface area contributed by atoms with Gasteiger partial charge in [0.25, 0.3) is 0 Å². The number of benzene rings is 1. The van der Waals surface area contributed by atoms with Crippen molar-refractivity contribution in [2.24, 2.45) is 5.73 Å². The smallest absolute Gasteiger partial charge is 0.245 e. The maximum absolute atomic E-state index is 12.9. The van der Waals surface area contributed by atoms with Gasteiger partial charge in [0.15, 0.2) is 0 Å². The van der Waals surface area contributed by atoms with Crippen LogP contribution in [0.3, 0.4) is 0 Å². The van der Waals surface area contributed by atoms with E-state index in [0.717, 1.165) is 10.9 Å². The molecular formula is C15H20ClN3O3S. The van der Waals surface area contributed by atoms with Crippen LogP contribution in [0.1, 0.15) is 5.56 Å². The molecule has 1 aliphatic heterocycles. The SMILES string of the molecule is Cc1cnc2c(S(=O)(=O)N3CCOC(CN)C3)cccc2c1.Cl. The molecule has 1 aliphatic rings. The zero-order valence-corrected chi connectivity index (χ0v) is 14.4. The molecule has 0 radical (unpaired) electrons. The zero-order chi connectivity index (χ0) is 15.7. The Labute approximate surface area is 142 Å². The minimum atomic E-state index is -3.61. The Morgan fingerprint density at radius 1 is 1.43 bits per heavy atom. The Hall–Kier alpha value is -1.25. The monoisotopic (exact) mass is 357 g/mol. The first-order valence-electron chi connectivity index (χ1n) is 7.19. The number of aryl methyl sites for hydroxylation is 1. The van der Waals surface area contributed by atoms with Crippen LogP contribution < -0.4 is 5.73 Å². The maximum Gasteiger partial charge on any atom is 0.245 e. The van der Waals surface area contributed by atoms with Gasteiger partial charge in [0.2, 0.25) is 10.0 Å². The molecule has 2 heterocycles. The van der Waals surface area contributed by atoms with Gasteiger partial charge in [-0.3, -0.25) is 4.98 Å². The van der Waals surface area contributed by atoms with Crippen LogP contribution in [0.2, 0.25) is 0 Å². The predicted octanol–water partition coefficient (Wildman–Crippen LogP) is 1.31. The topological polar surface area (TPSA) is 85.5 Å². The van der Waals surface area contributed by atoms with Crippen LogP contribution in [0.4, 0.5) is 0 Å². The summed E-state index contributed by atoms with van der Waals surface area (Å²) in [6.07, 6.45) is 1.43. The quantitative estimate of drug-likeness (QED) is 0.895. The Kier molecular flexibility index (Phi) is 5.59. The van der Waals surface area contributed by atoms with Gasteiger partial charge in [-0.25, -0.2) is 8.42 Å². The number of morpholine rings is 1. The van der Waals surface area contributed by atoms with Crippen molar-refractivity contribution in [3.63, 3.8) is 0 Å². The lowest BCUT2D eigenvalue weighted by Crippen LogP contribution is -2.48. The molecule has 2 N–H and O–H groups in total. The van der Waals surface area contributed by atoms with E-state index < -0.39 is 10.0 Å². The van der Waals surface area contributed by atoms with Gasteiger partial charge in [0, 0.05) is 31.2 Å². The van der Waals surface area contributed by atoms with Gasteiger partial charge < -0.3 is 10.5 Å². The molecule has 1 atom stereocenters. The third-order valence-electron chi connectivity index (χ3n) is 3.79. The van der Waals surface area contributed by atoms with Crippen LogP contribution >= 0.6 is 12.4 Å². The normalized spacial score (nSPS) is 19.5. The summed E-state index contributed by atoms with van der Waals surface area (Å²) in [5, 5.41) is 0.824. The first-order valence-corrected chi connectivity index (χ1v) is 8.63. The fourth-order valence-corrected chi connectivity index (χ4v) is 4.26. The van der Waals surface area contributed by atoms with Crippen LogP contribution in [0.5, 0.6) is 0 Å². The predicted molar refractivity (Wildman–Crippen MR) is 91.3 cm³/mol. The highest BCUT2D eigenvalue weighted by atomic mass is 35.5. The van der Waals surface area contributed by atoms with Crippen molar-refractivity contribution >= 4 is 33.3 Å². The lowest BCUT2D eigenvalue weighted by atomic mass is 10.2. The first kappa shape index (κ1) is 18.1.